The van der Waals surface area contributed by atoms with E-state index < -0.39 is 97.7 Å². The lowest BCUT2D eigenvalue weighted by Crippen LogP contribution is -2.81. The fraction of sp³-hybridized carbons (Fsp3) is 0.565. The number of rotatable bonds is 10. The number of aliphatic hydroxyl groups is 3. The van der Waals surface area contributed by atoms with Gasteiger partial charge in [-0.15, -0.1) is 0 Å². The third-order valence-electron chi connectivity index (χ3n) is 29.9. The number of esters is 4. The first-order valence-corrected chi connectivity index (χ1v) is 41.6. The average molecular weight is 1540 g/mol. The molecule has 2 aliphatic carbocycles. The summed E-state index contributed by atoms with van der Waals surface area (Å²) < 4.78 is 23.3. The first-order valence-electron chi connectivity index (χ1n) is 41.6. The molecule has 0 radical (unpaired) electrons. The molecule has 4 aromatic carbocycles. The molecule has 598 valence electrons. The normalized spacial score (nSPS) is 36.6. The van der Waals surface area contributed by atoms with Crippen molar-refractivity contribution >= 4 is 57.1 Å². The SMILES string of the molecule is CC.[C-]#[N+][C@]1(c2cc3c(cc2C)N(C)C2[C@]34CCN3CC=C[C@@](CC)([C@@H](OC(C)=O)[C@]2(O)C(=O)OC)[C@H]34)C[C@@H]2C=C(CC)CN(CCc3c1[nH]c1ccccc31)C2.[C-]#[N+][C@]1(c2cc3c(cc2C)N(C)C2[C@]34CCN3CC=C[C@@](CC)([C@@H](OC(C)=O)[C@]2(O)C(=O)OC)[C@H]34)C[C@H]2CN(CCc3c1[nH]c1ccccc31)C[C@](O)(CC)C2. The van der Waals surface area contributed by atoms with Crippen LogP contribution in [0.5, 0.6) is 0 Å². The van der Waals surface area contributed by atoms with E-state index in [0.717, 1.165) is 150 Å². The number of piperidine rings is 1. The van der Waals surface area contributed by atoms with Crippen molar-refractivity contribution in [1.29, 1.82) is 0 Å². The topological polar surface area (TPSA) is 226 Å². The van der Waals surface area contributed by atoms with Gasteiger partial charge in [-0.1, -0.05) is 114 Å². The zero-order chi connectivity index (χ0) is 80.2. The van der Waals surface area contributed by atoms with Gasteiger partial charge in [0, 0.05) is 171 Å². The average Bonchev–Trinajstić information content (AvgIpc) is 1.51. The Morgan fingerprint density at radius 3 is 1.48 bits per heavy atom. The standard InChI is InChI=1S/C45H55N5O6.C45H53N5O5.C2H6/c1-8-41(53)23-29-24-44(46-5,36-31(15-19-49(25-29)26-41)30-13-10-11-14-34(30)47-36)32-22-33-35(21-27(32)3)48(6)38-43(33)17-20-50-18-12-16-42(9-2,37(43)50)39(56-28(4)51)45(38,54)40(52)55-7;1-8-29-22-30-24-44(46-5,37-32(15-19-49(25-29)26-30)31-13-10-11-14-35(31)47-37)33-23-34-36(21-27(33)3)48(6)39-43(34)17-20-50-18-12-16-42(9-2,38(43)50)40(55-28(4)51)45(39,53)41(52)54-7;1-2/h10-14,16,21-22,29,37-39,47,53-54H,8-9,15,17-20,23-26H2,1-4,6-7H3;10-14,16,21-23,30,38-40,47,53H,8-9,15,17-20,24-26H2,1-4,6-7H3;1-2H3/t29-,37-,38?,39+,41-,42+,43+,44-,45-;30-,38-,39?,40+,42+,43+,44-,45-;/m00./s1. The van der Waals surface area contributed by atoms with Gasteiger partial charge in [-0.3, -0.25) is 38.9 Å². The number of carbonyl (C=O) groups excluding carboxylic acids is 4. The molecule has 4 unspecified atom stereocenters. The first-order chi connectivity index (χ1) is 54.2. The second kappa shape index (κ2) is 28.1. The van der Waals surface area contributed by atoms with Crippen molar-refractivity contribution in [3.8, 4) is 0 Å². The Morgan fingerprint density at radius 1 is 0.584 bits per heavy atom. The fourth-order valence-electron chi connectivity index (χ4n) is 26.0. The Morgan fingerprint density at radius 2 is 1.04 bits per heavy atom. The van der Waals surface area contributed by atoms with E-state index in [1.807, 2.05) is 45.8 Å². The summed E-state index contributed by atoms with van der Waals surface area (Å²) in [6.07, 6.45) is 15.8. The number of ether oxygens (including phenoxy) is 4. The number of fused-ring (bicyclic) bond motifs is 12. The lowest BCUT2D eigenvalue weighted by atomic mass is 9.47. The number of methoxy groups -OCH3 is 2. The summed E-state index contributed by atoms with van der Waals surface area (Å²) in [5.74, 6) is -2.51. The predicted molar refractivity (Wildman–Crippen MR) is 436 cm³/mol. The monoisotopic (exact) mass is 1530 g/mol. The van der Waals surface area contributed by atoms with Crippen molar-refractivity contribution in [2.45, 2.75) is 215 Å². The van der Waals surface area contributed by atoms with Gasteiger partial charge in [-0.05, 0) is 166 Å². The van der Waals surface area contributed by atoms with Gasteiger partial charge in [0.25, 0.3) is 11.1 Å². The highest BCUT2D eigenvalue weighted by molar-refractivity contribution is 5.91. The summed E-state index contributed by atoms with van der Waals surface area (Å²) in [5.41, 5.74) is 4.69. The number of nitrogens with one attached hydrogen (secondary N) is 2. The van der Waals surface area contributed by atoms with Gasteiger partial charge in [0.15, 0.2) is 12.2 Å². The summed E-state index contributed by atoms with van der Waals surface area (Å²) in [4.78, 5) is 85.6. The van der Waals surface area contributed by atoms with E-state index in [1.54, 1.807) is 0 Å². The molecule has 19 atom stereocenters. The molecule has 5 fully saturated rings. The van der Waals surface area contributed by atoms with E-state index in [9.17, 15) is 47.6 Å². The molecule has 3 saturated heterocycles. The van der Waals surface area contributed by atoms with E-state index in [1.165, 1.54) is 44.6 Å². The minimum Gasteiger partial charge on any atom is -0.467 e. The number of H-pyrrole nitrogens is 2. The molecule has 10 aliphatic heterocycles. The second-order valence-corrected chi connectivity index (χ2v) is 35.1. The number of hydrogen-bond donors (Lipinski definition) is 5. The number of aryl methyl sites for hydroxylation is 2. The largest absolute Gasteiger partial charge is 0.467 e. The lowest BCUT2D eigenvalue weighted by Gasteiger charge is -2.63. The number of nitrogens with zero attached hydrogens (tertiary/aromatic N) is 8. The van der Waals surface area contributed by atoms with Crippen LogP contribution in [0.2, 0.25) is 0 Å². The van der Waals surface area contributed by atoms with Crippen LogP contribution in [0.15, 0.2) is 109 Å². The lowest BCUT2D eigenvalue weighted by molar-refractivity contribution is -0.229. The smallest absolute Gasteiger partial charge is 0.344 e. The Balaban J connectivity index is 0.000000167. The molecular weight excluding hydrogens is 1420 g/mol. The van der Waals surface area contributed by atoms with E-state index >= 15 is 0 Å². The molecule has 6 aromatic rings. The highest BCUT2D eigenvalue weighted by Crippen LogP contribution is 2.71. The maximum absolute atomic E-state index is 14.3. The quantitative estimate of drug-likeness (QED) is 0.0372. The zero-order valence-electron chi connectivity index (χ0n) is 68.5. The number of hydrogen-bond acceptors (Lipinski definition) is 17. The van der Waals surface area contributed by atoms with Gasteiger partial charge >= 0.3 is 23.9 Å². The van der Waals surface area contributed by atoms with Gasteiger partial charge < -0.3 is 54.0 Å². The Labute approximate surface area is 665 Å². The van der Waals surface area contributed by atoms with Gasteiger partial charge in [0.1, 0.15) is 11.4 Å². The molecule has 5 N–H and O–H groups in total. The van der Waals surface area contributed by atoms with Gasteiger partial charge in [-0.25, -0.2) is 22.7 Å². The van der Waals surface area contributed by atoms with E-state index in [2.05, 4.69) is 166 Å². The molecule has 12 heterocycles. The first kappa shape index (κ1) is 78.3. The van der Waals surface area contributed by atoms with Crippen LogP contribution in [-0.2, 0) is 72.9 Å². The molecule has 18 rings (SSSR count). The van der Waals surface area contributed by atoms with Crippen LogP contribution >= 0.6 is 0 Å². The molecule has 2 spiro atoms. The summed E-state index contributed by atoms with van der Waals surface area (Å²) in [6.45, 7) is 45.8. The van der Waals surface area contributed by atoms with Gasteiger partial charge in [0.05, 0.1) is 31.9 Å². The highest BCUT2D eigenvalue weighted by Gasteiger charge is 2.83. The van der Waals surface area contributed by atoms with Crippen LogP contribution in [0, 0.1) is 49.7 Å². The van der Waals surface area contributed by atoms with Crippen LogP contribution < -0.4 is 9.80 Å². The summed E-state index contributed by atoms with van der Waals surface area (Å²) in [5, 5.41) is 40.7. The molecule has 2 saturated carbocycles. The third-order valence-corrected chi connectivity index (χ3v) is 29.9. The predicted octanol–water partition coefficient (Wildman–Crippen LogP) is 11.8. The molecule has 4 bridgehead atoms. The maximum atomic E-state index is 14.3. The Kier molecular flexibility index (Phi) is 19.5. The van der Waals surface area contributed by atoms with Crippen LogP contribution in [0.1, 0.15) is 169 Å². The van der Waals surface area contributed by atoms with Crippen molar-refractivity contribution in [3.63, 3.8) is 0 Å². The van der Waals surface area contributed by atoms with Crippen molar-refractivity contribution in [2.24, 2.45) is 22.7 Å². The van der Waals surface area contributed by atoms with Crippen LogP contribution in [-0.4, -0.2) is 216 Å². The molecule has 12 aliphatic rings. The van der Waals surface area contributed by atoms with Crippen molar-refractivity contribution in [2.75, 3.05) is 104 Å². The third kappa shape index (κ3) is 10.7. The number of aromatic nitrogens is 2. The molecule has 2 aromatic heterocycles. The van der Waals surface area contributed by atoms with E-state index in [-0.39, 0.29) is 23.9 Å². The molecule has 21 nitrogen and oxygen atoms in total. The molecular formula is C92H114N10O11. The Bertz CT molecular complexity index is 5050. The minimum atomic E-state index is -2.22. The highest BCUT2D eigenvalue weighted by atomic mass is 16.6. The number of aromatic amines is 2. The van der Waals surface area contributed by atoms with E-state index in [4.69, 9.17) is 28.6 Å². The van der Waals surface area contributed by atoms with Crippen molar-refractivity contribution in [1.82, 2.24) is 29.6 Å². The molecule has 113 heavy (non-hydrogen) atoms. The van der Waals surface area contributed by atoms with Gasteiger partial charge in [-0.2, -0.15) is 0 Å². The summed E-state index contributed by atoms with van der Waals surface area (Å²) in [7, 11) is 6.46. The minimum absolute atomic E-state index is 0.0585. The number of carbonyl (C=O) groups is 4. The second-order valence-electron chi connectivity index (χ2n) is 35.1. The number of likely N-dealkylation sites (N-methyl/N-ethyl adjacent to an activating group) is 2. The van der Waals surface area contributed by atoms with Crippen molar-refractivity contribution < 1.29 is 53.4 Å². The van der Waals surface area contributed by atoms with Crippen LogP contribution in [0.3, 0.4) is 0 Å². The summed E-state index contributed by atoms with van der Waals surface area (Å²) in [6, 6.07) is 23.7. The van der Waals surface area contributed by atoms with Crippen LogP contribution in [0.25, 0.3) is 31.5 Å². The maximum Gasteiger partial charge on any atom is 0.344 e. The fourth-order valence-corrected chi connectivity index (χ4v) is 26.0. The van der Waals surface area contributed by atoms with Crippen molar-refractivity contribution in [3.05, 3.63) is 187 Å². The number of benzene rings is 4. The van der Waals surface area contributed by atoms with Crippen LogP contribution in [0.4, 0.5) is 11.4 Å². The Hall–Kier alpha value is -8.64. The van der Waals surface area contributed by atoms with Gasteiger partial charge in [0.2, 0.25) is 11.2 Å². The number of anilines is 2. The summed E-state index contributed by atoms with van der Waals surface area (Å²) >= 11 is 0. The molecule has 0 amide bonds. The zero-order valence-corrected chi connectivity index (χ0v) is 68.5. The van der Waals surface area contributed by atoms with E-state index in [0.29, 0.717) is 64.5 Å². The number of para-hydroxylation sites is 2. The molecule has 21 heteroatoms.